The van der Waals surface area contributed by atoms with Crippen LogP contribution in [0.15, 0.2) is 53.1 Å². The molecule has 0 spiro atoms. The van der Waals surface area contributed by atoms with Crippen molar-refractivity contribution < 1.29 is 22.4 Å². The molecule has 0 saturated heterocycles. The maximum Gasteiger partial charge on any atom is 0.410 e. The van der Waals surface area contributed by atoms with Gasteiger partial charge >= 0.3 is 6.18 Å². The van der Waals surface area contributed by atoms with Gasteiger partial charge in [-0.25, -0.2) is 4.68 Å². The molecule has 1 aromatic carbocycles. The van der Waals surface area contributed by atoms with Gasteiger partial charge in [-0.05, 0) is 38.5 Å². The van der Waals surface area contributed by atoms with E-state index in [1.54, 1.807) is 23.7 Å². The summed E-state index contributed by atoms with van der Waals surface area (Å²) in [5, 5.41) is 14.3. The number of nitrogens with one attached hydrogen (secondary N) is 2. The van der Waals surface area contributed by atoms with Gasteiger partial charge in [0.25, 0.3) is 5.91 Å². The standard InChI is InChI=1S/C25H25F3N6O2/c1-14-6-8-17(9-7-14)13-33-16(3)23(15(2)31-33)30-24(35)19-12-22-29-18(20-5-4-10-36-20)11-21(25(26,27)28)34(22)32-19/h4-10,12,18,21,29H,11,13H2,1-3H3,(H,30,35)/t18-,21-/m1/s1. The van der Waals surface area contributed by atoms with Crippen LogP contribution in [0.1, 0.15) is 57.3 Å². The van der Waals surface area contributed by atoms with Gasteiger partial charge in [-0.15, -0.1) is 0 Å². The van der Waals surface area contributed by atoms with E-state index in [4.69, 9.17) is 4.42 Å². The Balaban J connectivity index is 1.39. The number of fused-ring (bicyclic) bond motifs is 1. The quantitative estimate of drug-likeness (QED) is 0.376. The largest absolute Gasteiger partial charge is 0.467 e. The molecule has 3 aromatic heterocycles. The fraction of sp³-hybridized carbons (Fsp3) is 0.320. The van der Waals surface area contributed by atoms with Crippen LogP contribution in [0, 0.1) is 20.8 Å². The Morgan fingerprint density at radius 2 is 1.92 bits per heavy atom. The Hall–Kier alpha value is -4.02. The van der Waals surface area contributed by atoms with Crippen LogP contribution in [-0.2, 0) is 6.54 Å². The molecule has 2 atom stereocenters. The van der Waals surface area contributed by atoms with E-state index in [9.17, 15) is 18.0 Å². The molecule has 4 aromatic rings. The number of furan rings is 1. The summed E-state index contributed by atoms with van der Waals surface area (Å²) in [6.45, 7) is 6.13. The third-order valence-corrected chi connectivity index (χ3v) is 6.38. The van der Waals surface area contributed by atoms with E-state index in [-0.39, 0.29) is 17.9 Å². The topological polar surface area (TPSA) is 89.9 Å². The summed E-state index contributed by atoms with van der Waals surface area (Å²) in [7, 11) is 0. The second kappa shape index (κ2) is 8.89. The van der Waals surface area contributed by atoms with Crippen molar-refractivity contribution in [2.75, 3.05) is 10.6 Å². The third-order valence-electron chi connectivity index (χ3n) is 6.38. The van der Waals surface area contributed by atoms with Crippen molar-refractivity contribution in [3.63, 3.8) is 0 Å². The molecule has 0 aliphatic carbocycles. The molecule has 36 heavy (non-hydrogen) atoms. The number of hydrogen-bond donors (Lipinski definition) is 2. The monoisotopic (exact) mass is 498 g/mol. The minimum absolute atomic E-state index is 0.0960. The molecule has 2 N–H and O–H groups in total. The van der Waals surface area contributed by atoms with Gasteiger partial charge in [0.1, 0.15) is 11.6 Å². The van der Waals surface area contributed by atoms with Crippen LogP contribution in [0.3, 0.4) is 0 Å². The van der Waals surface area contributed by atoms with E-state index in [0.717, 1.165) is 21.5 Å². The van der Waals surface area contributed by atoms with Crippen molar-refractivity contribution in [2.45, 2.75) is 52.0 Å². The number of benzene rings is 1. The number of anilines is 2. The number of aromatic nitrogens is 4. The van der Waals surface area contributed by atoms with Crippen LogP contribution in [0.4, 0.5) is 24.7 Å². The molecule has 5 rings (SSSR count). The van der Waals surface area contributed by atoms with Gasteiger partial charge in [0.05, 0.1) is 35.9 Å². The Bertz CT molecular complexity index is 1390. The van der Waals surface area contributed by atoms with Gasteiger partial charge in [0, 0.05) is 12.5 Å². The molecule has 8 nitrogen and oxygen atoms in total. The fourth-order valence-corrected chi connectivity index (χ4v) is 4.44. The summed E-state index contributed by atoms with van der Waals surface area (Å²) in [4.78, 5) is 13.1. The van der Waals surface area contributed by atoms with Gasteiger partial charge in [0.2, 0.25) is 0 Å². The number of carbonyl (C=O) groups is 1. The first-order valence-electron chi connectivity index (χ1n) is 11.5. The number of alkyl halides is 3. The van der Waals surface area contributed by atoms with Crippen molar-refractivity contribution in [3.05, 3.63) is 82.7 Å². The van der Waals surface area contributed by atoms with Crippen LogP contribution < -0.4 is 10.6 Å². The molecular formula is C25H25F3N6O2. The van der Waals surface area contributed by atoms with Crippen molar-refractivity contribution in [1.82, 2.24) is 19.6 Å². The van der Waals surface area contributed by atoms with E-state index < -0.39 is 24.2 Å². The highest BCUT2D eigenvalue weighted by Gasteiger charge is 2.47. The van der Waals surface area contributed by atoms with Crippen LogP contribution in [-0.4, -0.2) is 31.6 Å². The van der Waals surface area contributed by atoms with Crippen molar-refractivity contribution >= 4 is 17.4 Å². The van der Waals surface area contributed by atoms with Crippen molar-refractivity contribution in [1.29, 1.82) is 0 Å². The molecule has 1 amide bonds. The minimum Gasteiger partial charge on any atom is -0.467 e. The van der Waals surface area contributed by atoms with Crippen LogP contribution >= 0.6 is 0 Å². The molecular weight excluding hydrogens is 473 g/mol. The second-order valence-electron chi connectivity index (χ2n) is 9.01. The van der Waals surface area contributed by atoms with Crippen molar-refractivity contribution in [2.24, 2.45) is 0 Å². The molecule has 4 heterocycles. The normalized spacial score (nSPS) is 17.5. The van der Waals surface area contributed by atoms with E-state index in [1.165, 1.54) is 12.3 Å². The number of amides is 1. The summed E-state index contributed by atoms with van der Waals surface area (Å²) in [5.74, 6) is -0.135. The second-order valence-corrected chi connectivity index (χ2v) is 9.01. The summed E-state index contributed by atoms with van der Waals surface area (Å²) < 4.78 is 49.5. The number of aryl methyl sites for hydroxylation is 2. The lowest BCUT2D eigenvalue weighted by atomic mass is 10.0. The summed E-state index contributed by atoms with van der Waals surface area (Å²) in [6.07, 6.45) is -3.45. The molecule has 1 aliphatic rings. The average molecular weight is 499 g/mol. The predicted octanol–water partition coefficient (Wildman–Crippen LogP) is 5.56. The molecule has 0 fully saturated rings. The number of rotatable bonds is 5. The van der Waals surface area contributed by atoms with Gasteiger partial charge in [-0.2, -0.15) is 23.4 Å². The zero-order valence-corrected chi connectivity index (χ0v) is 19.9. The van der Waals surface area contributed by atoms with Crippen LogP contribution in [0.25, 0.3) is 0 Å². The zero-order chi connectivity index (χ0) is 25.6. The number of nitrogens with zero attached hydrogens (tertiary/aromatic N) is 4. The van der Waals surface area contributed by atoms with E-state index in [2.05, 4.69) is 20.8 Å². The summed E-state index contributed by atoms with van der Waals surface area (Å²) in [5.41, 5.74) is 3.92. The van der Waals surface area contributed by atoms with Gasteiger partial charge in [-0.1, -0.05) is 29.8 Å². The van der Waals surface area contributed by atoms with Gasteiger partial charge in [0.15, 0.2) is 11.7 Å². The van der Waals surface area contributed by atoms with Gasteiger partial charge < -0.3 is 15.1 Å². The first-order valence-corrected chi connectivity index (χ1v) is 11.5. The van der Waals surface area contributed by atoms with E-state index in [1.807, 2.05) is 38.1 Å². The maximum atomic E-state index is 13.9. The van der Waals surface area contributed by atoms with E-state index in [0.29, 0.717) is 23.7 Å². The number of halogens is 3. The zero-order valence-electron chi connectivity index (χ0n) is 19.9. The molecule has 1 aliphatic heterocycles. The summed E-state index contributed by atoms with van der Waals surface area (Å²) >= 11 is 0. The number of hydrogen-bond acceptors (Lipinski definition) is 5. The molecule has 188 valence electrons. The Morgan fingerprint density at radius 1 is 1.17 bits per heavy atom. The maximum absolute atomic E-state index is 13.9. The minimum atomic E-state index is -4.55. The summed E-state index contributed by atoms with van der Waals surface area (Å²) in [6, 6.07) is 10.0. The van der Waals surface area contributed by atoms with Crippen LogP contribution in [0.5, 0.6) is 0 Å². The highest BCUT2D eigenvalue weighted by Crippen LogP contribution is 2.43. The third kappa shape index (κ3) is 4.48. The lowest BCUT2D eigenvalue weighted by Gasteiger charge is -2.32. The SMILES string of the molecule is Cc1ccc(Cn2nc(C)c(NC(=O)c3cc4n(n3)[C@@H](C(F)(F)F)C[C@H](c3ccco3)N4)c2C)cc1. The Kier molecular flexibility index (Phi) is 5.85. The first kappa shape index (κ1) is 23.7. The smallest absolute Gasteiger partial charge is 0.410 e. The molecule has 0 unspecified atom stereocenters. The van der Waals surface area contributed by atoms with Gasteiger partial charge in [-0.3, -0.25) is 9.48 Å². The Labute approximate surface area is 205 Å². The number of carbonyl (C=O) groups excluding carboxylic acids is 1. The lowest BCUT2D eigenvalue weighted by molar-refractivity contribution is -0.174. The highest BCUT2D eigenvalue weighted by atomic mass is 19.4. The molecule has 0 saturated carbocycles. The first-order chi connectivity index (χ1) is 17.1. The lowest BCUT2D eigenvalue weighted by Crippen LogP contribution is -2.35. The fourth-order valence-electron chi connectivity index (χ4n) is 4.44. The van der Waals surface area contributed by atoms with Crippen LogP contribution in [0.2, 0.25) is 0 Å². The Morgan fingerprint density at radius 3 is 2.58 bits per heavy atom. The predicted molar refractivity (Wildman–Crippen MR) is 127 cm³/mol. The average Bonchev–Trinajstić information content (AvgIpc) is 3.56. The molecule has 0 radical (unpaired) electrons. The molecule has 0 bridgehead atoms. The van der Waals surface area contributed by atoms with E-state index >= 15 is 0 Å². The molecule has 11 heteroatoms. The highest BCUT2D eigenvalue weighted by molar-refractivity contribution is 6.04. The van der Waals surface area contributed by atoms with Crippen molar-refractivity contribution in [3.8, 4) is 0 Å².